The Kier molecular flexibility index (Phi) is 4.11. The minimum atomic E-state index is -0.700. The van der Waals surface area contributed by atoms with Crippen LogP contribution in [0.1, 0.15) is 21.6 Å². The topological polar surface area (TPSA) is 104 Å². The SMILES string of the molecule is Cc1cc(NN)c(C(=O)Nc2cccc(F)c2C#N)cn1. The Morgan fingerprint density at radius 3 is 2.86 bits per heavy atom. The highest BCUT2D eigenvalue weighted by atomic mass is 19.1. The van der Waals surface area contributed by atoms with Gasteiger partial charge in [-0.25, -0.2) is 4.39 Å². The van der Waals surface area contributed by atoms with Crippen molar-refractivity contribution in [1.82, 2.24) is 4.98 Å². The van der Waals surface area contributed by atoms with Gasteiger partial charge in [0.2, 0.25) is 0 Å². The summed E-state index contributed by atoms with van der Waals surface area (Å²) < 4.78 is 13.5. The third-order valence-electron chi connectivity index (χ3n) is 2.81. The van der Waals surface area contributed by atoms with Gasteiger partial charge in [-0.2, -0.15) is 5.26 Å². The van der Waals surface area contributed by atoms with Gasteiger partial charge in [0, 0.05) is 11.9 Å². The molecule has 0 unspecified atom stereocenters. The summed E-state index contributed by atoms with van der Waals surface area (Å²) in [5, 5.41) is 11.4. The average molecular weight is 285 g/mol. The standard InChI is InChI=1S/C14H12FN5O/c1-8-5-13(20-17)10(7-18-8)14(21)19-12-4-2-3-11(15)9(12)6-16/h2-5,7H,17H2,1H3,(H,18,20)(H,19,21). The van der Waals surface area contributed by atoms with Crippen molar-refractivity contribution < 1.29 is 9.18 Å². The molecule has 1 heterocycles. The molecule has 106 valence electrons. The summed E-state index contributed by atoms with van der Waals surface area (Å²) in [6.07, 6.45) is 1.35. The number of nitrogen functional groups attached to an aromatic ring is 1. The van der Waals surface area contributed by atoms with E-state index in [9.17, 15) is 9.18 Å². The summed E-state index contributed by atoms with van der Waals surface area (Å²) in [4.78, 5) is 16.2. The number of carbonyl (C=O) groups excluding carboxylic acids is 1. The second-order valence-corrected chi connectivity index (χ2v) is 4.24. The number of nitrogens with one attached hydrogen (secondary N) is 2. The van der Waals surface area contributed by atoms with E-state index in [1.165, 1.54) is 18.3 Å². The fourth-order valence-corrected chi connectivity index (χ4v) is 1.79. The Morgan fingerprint density at radius 1 is 1.43 bits per heavy atom. The van der Waals surface area contributed by atoms with Crippen LogP contribution >= 0.6 is 0 Å². The highest BCUT2D eigenvalue weighted by molar-refractivity contribution is 6.08. The molecule has 0 bridgehead atoms. The number of carbonyl (C=O) groups is 1. The molecule has 2 aromatic rings. The molecule has 0 radical (unpaired) electrons. The predicted octanol–water partition coefficient (Wildman–Crippen LogP) is 1.94. The summed E-state index contributed by atoms with van der Waals surface area (Å²) in [5.74, 6) is 4.12. The van der Waals surface area contributed by atoms with Gasteiger partial charge in [0.15, 0.2) is 0 Å². The number of hydrazine groups is 1. The fourth-order valence-electron chi connectivity index (χ4n) is 1.79. The molecule has 6 nitrogen and oxygen atoms in total. The summed E-state index contributed by atoms with van der Waals surface area (Å²) in [5.41, 5.74) is 3.52. The molecule has 0 aliphatic rings. The molecule has 1 aromatic heterocycles. The predicted molar refractivity (Wildman–Crippen MR) is 75.9 cm³/mol. The number of rotatable bonds is 3. The molecule has 0 saturated heterocycles. The van der Waals surface area contributed by atoms with E-state index >= 15 is 0 Å². The van der Waals surface area contributed by atoms with Gasteiger partial charge >= 0.3 is 0 Å². The van der Waals surface area contributed by atoms with E-state index in [0.717, 1.165) is 6.07 Å². The van der Waals surface area contributed by atoms with Gasteiger partial charge in [0.25, 0.3) is 5.91 Å². The van der Waals surface area contributed by atoms with Crippen LogP contribution < -0.4 is 16.6 Å². The Balaban J connectivity index is 2.36. The Morgan fingerprint density at radius 2 is 2.19 bits per heavy atom. The molecule has 0 spiro atoms. The third-order valence-corrected chi connectivity index (χ3v) is 2.81. The Labute approximate surface area is 120 Å². The number of amides is 1. The lowest BCUT2D eigenvalue weighted by atomic mass is 10.1. The number of pyridine rings is 1. The number of hydrogen-bond donors (Lipinski definition) is 3. The first-order valence-electron chi connectivity index (χ1n) is 6.00. The van der Waals surface area contributed by atoms with Gasteiger partial charge < -0.3 is 10.7 Å². The van der Waals surface area contributed by atoms with Crippen LogP contribution in [0.4, 0.5) is 15.8 Å². The summed E-state index contributed by atoms with van der Waals surface area (Å²) in [6.45, 7) is 1.75. The number of anilines is 2. The molecule has 4 N–H and O–H groups in total. The molecule has 0 atom stereocenters. The van der Waals surface area contributed by atoms with Crippen molar-refractivity contribution in [2.24, 2.45) is 5.84 Å². The quantitative estimate of drug-likeness (QED) is 0.590. The van der Waals surface area contributed by atoms with Crippen molar-refractivity contribution >= 4 is 17.3 Å². The van der Waals surface area contributed by atoms with Gasteiger partial charge in [-0.3, -0.25) is 15.6 Å². The molecule has 0 saturated carbocycles. The van der Waals surface area contributed by atoms with Crippen LogP contribution in [-0.2, 0) is 0 Å². The zero-order chi connectivity index (χ0) is 15.4. The van der Waals surface area contributed by atoms with E-state index < -0.39 is 11.7 Å². The van der Waals surface area contributed by atoms with Crippen molar-refractivity contribution in [2.75, 3.05) is 10.7 Å². The third kappa shape index (κ3) is 2.96. The monoisotopic (exact) mass is 285 g/mol. The first-order chi connectivity index (χ1) is 10.1. The van der Waals surface area contributed by atoms with Crippen LogP contribution in [0.15, 0.2) is 30.5 Å². The smallest absolute Gasteiger partial charge is 0.259 e. The van der Waals surface area contributed by atoms with Gasteiger partial charge in [0.05, 0.1) is 16.9 Å². The van der Waals surface area contributed by atoms with Crippen LogP contribution in [-0.4, -0.2) is 10.9 Å². The number of aromatic nitrogens is 1. The average Bonchev–Trinajstić information content (AvgIpc) is 2.47. The summed E-state index contributed by atoms with van der Waals surface area (Å²) >= 11 is 0. The van der Waals surface area contributed by atoms with Crippen LogP contribution in [0.3, 0.4) is 0 Å². The van der Waals surface area contributed by atoms with E-state index in [1.54, 1.807) is 19.1 Å². The van der Waals surface area contributed by atoms with Crippen LogP contribution in [0.25, 0.3) is 0 Å². The molecule has 0 aliphatic heterocycles. The van der Waals surface area contributed by atoms with Gasteiger partial charge in [-0.05, 0) is 25.1 Å². The van der Waals surface area contributed by atoms with E-state index in [-0.39, 0.29) is 16.8 Å². The Bertz CT molecular complexity index is 739. The van der Waals surface area contributed by atoms with Crippen molar-refractivity contribution in [3.8, 4) is 6.07 Å². The fraction of sp³-hybridized carbons (Fsp3) is 0.0714. The molecule has 7 heteroatoms. The number of nitriles is 1. The summed E-state index contributed by atoms with van der Waals surface area (Å²) in [6, 6.07) is 7.31. The molecule has 0 fully saturated rings. The first kappa shape index (κ1) is 14.4. The minimum absolute atomic E-state index is 0.0889. The second kappa shape index (κ2) is 5.98. The van der Waals surface area contributed by atoms with Gasteiger partial charge in [0.1, 0.15) is 17.4 Å². The normalized spacial score (nSPS) is 9.81. The number of hydrogen-bond acceptors (Lipinski definition) is 5. The van der Waals surface area contributed by atoms with Crippen molar-refractivity contribution in [2.45, 2.75) is 6.92 Å². The summed E-state index contributed by atoms with van der Waals surface area (Å²) in [7, 11) is 0. The number of aryl methyl sites for hydroxylation is 1. The lowest BCUT2D eigenvalue weighted by molar-refractivity contribution is 0.102. The maximum absolute atomic E-state index is 13.5. The zero-order valence-electron chi connectivity index (χ0n) is 11.1. The maximum Gasteiger partial charge on any atom is 0.259 e. The van der Waals surface area contributed by atoms with Crippen molar-refractivity contribution in [3.63, 3.8) is 0 Å². The maximum atomic E-state index is 13.5. The Hall–Kier alpha value is -2.98. The molecule has 0 aliphatic carbocycles. The van der Waals surface area contributed by atoms with Gasteiger partial charge in [-0.15, -0.1) is 0 Å². The highest BCUT2D eigenvalue weighted by Crippen LogP contribution is 2.21. The zero-order valence-corrected chi connectivity index (χ0v) is 11.1. The number of halogens is 1. The number of nitrogens with zero attached hydrogens (tertiary/aromatic N) is 2. The lowest BCUT2D eigenvalue weighted by Crippen LogP contribution is -2.18. The molecular formula is C14H12FN5O. The molecular weight excluding hydrogens is 273 g/mol. The molecule has 1 amide bonds. The minimum Gasteiger partial charge on any atom is -0.323 e. The van der Waals surface area contributed by atoms with Gasteiger partial charge in [-0.1, -0.05) is 6.07 Å². The van der Waals surface area contributed by atoms with E-state index in [2.05, 4.69) is 15.7 Å². The number of nitrogens with two attached hydrogens (primary N) is 1. The van der Waals surface area contributed by atoms with Crippen LogP contribution in [0, 0.1) is 24.1 Å². The first-order valence-corrected chi connectivity index (χ1v) is 6.00. The lowest BCUT2D eigenvalue weighted by Gasteiger charge is -2.11. The van der Waals surface area contributed by atoms with Crippen LogP contribution in [0.5, 0.6) is 0 Å². The number of benzene rings is 1. The van der Waals surface area contributed by atoms with E-state index in [4.69, 9.17) is 11.1 Å². The van der Waals surface area contributed by atoms with E-state index in [0.29, 0.717) is 11.4 Å². The second-order valence-electron chi connectivity index (χ2n) is 4.24. The van der Waals surface area contributed by atoms with Crippen molar-refractivity contribution in [1.29, 1.82) is 5.26 Å². The highest BCUT2D eigenvalue weighted by Gasteiger charge is 2.15. The van der Waals surface area contributed by atoms with Crippen LogP contribution in [0.2, 0.25) is 0 Å². The van der Waals surface area contributed by atoms with E-state index in [1.807, 2.05) is 0 Å². The molecule has 21 heavy (non-hydrogen) atoms. The molecule has 1 aromatic carbocycles. The van der Waals surface area contributed by atoms with Crippen molar-refractivity contribution in [3.05, 3.63) is 53.1 Å². The molecule has 2 rings (SSSR count). The largest absolute Gasteiger partial charge is 0.323 e.